The molecule has 2 rings (SSSR count). The van der Waals surface area contributed by atoms with Gasteiger partial charge in [0.2, 0.25) is 10.0 Å². The van der Waals surface area contributed by atoms with E-state index in [-0.39, 0.29) is 11.8 Å². The number of hydrogen-bond acceptors (Lipinski definition) is 4. The van der Waals surface area contributed by atoms with E-state index in [1.165, 1.54) is 0 Å². The van der Waals surface area contributed by atoms with Crippen molar-refractivity contribution in [1.29, 1.82) is 0 Å². The van der Waals surface area contributed by atoms with E-state index >= 15 is 0 Å². The van der Waals surface area contributed by atoms with Crippen molar-refractivity contribution in [2.24, 2.45) is 5.92 Å². The molecule has 6 heteroatoms. The van der Waals surface area contributed by atoms with Gasteiger partial charge in [0.05, 0.1) is 5.75 Å². The van der Waals surface area contributed by atoms with E-state index in [2.05, 4.69) is 0 Å². The third-order valence-corrected chi connectivity index (χ3v) is 7.01. The van der Waals surface area contributed by atoms with Gasteiger partial charge in [0.15, 0.2) is 0 Å². The van der Waals surface area contributed by atoms with E-state index in [1.54, 1.807) is 23.1 Å². The second kappa shape index (κ2) is 6.37. The molecule has 1 aliphatic carbocycles. The number of thioether (sulfide) groups is 1. The van der Waals surface area contributed by atoms with Crippen molar-refractivity contribution in [3.05, 3.63) is 24.3 Å². The van der Waals surface area contributed by atoms with Crippen LogP contribution in [0.15, 0.2) is 29.2 Å². The third-order valence-electron chi connectivity index (χ3n) is 3.81. The lowest BCUT2D eigenvalue weighted by Gasteiger charge is -2.24. The van der Waals surface area contributed by atoms with Crippen molar-refractivity contribution in [2.45, 2.75) is 30.7 Å². The fraction of sp³-hybridized carbons (Fsp3) is 0.571. The van der Waals surface area contributed by atoms with E-state index in [0.717, 1.165) is 23.4 Å². The van der Waals surface area contributed by atoms with Crippen LogP contribution in [0.4, 0.5) is 5.69 Å². The molecule has 0 spiro atoms. The summed E-state index contributed by atoms with van der Waals surface area (Å²) in [6.45, 7) is 2.00. The maximum atomic E-state index is 12.2. The van der Waals surface area contributed by atoms with Crippen LogP contribution in [0, 0.1) is 5.92 Å². The first-order chi connectivity index (χ1) is 9.40. The minimum atomic E-state index is -3.16. The van der Waals surface area contributed by atoms with Crippen molar-refractivity contribution in [1.82, 2.24) is 4.31 Å². The lowest BCUT2D eigenvalue weighted by atomic mass is 10.2. The van der Waals surface area contributed by atoms with E-state index in [1.807, 2.05) is 31.2 Å². The molecule has 4 nitrogen and oxygen atoms in total. The number of sulfonamides is 1. The first-order valence-corrected chi connectivity index (χ1v) is 9.43. The van der Waals surface area contributed by atoms with Crippen LogP contribution < -0.4 is 5.73 Å². The Bertz CT molecular complexity index is 539. The predicted octanol–water partition coefficient (Wildman–Crippen LogP) is 2.42. The Kier molecular flexibility index (Phi) is 4.99. The van der Waals surface area contributed by atoms with E-state index in [4.69, 9.17) is 5.73 Å². The van der Waals surface area contributed by atoms with E-state index in [0.29, 0.717) is 11.7 Å². The number of nitrogens with zero attached hydrogens (tertiary/aromatic N) is 1. The fourth-order valence-corrected chi connectivity index (χ4v) is 4.81. The second-order valence-corrected chi connectivity index (χ2v) is 8.64. The van der Waals surface area contributed by atoms with Crippen LogP contribution in [-0.4, -0.2) is 37.3 Å². The number of benzene rings is 1. The minimum absolute atomic E-state index is 0.126. The molecule has 1 fully saturated rings. The number of anilines is 1. The smallest absolute Gasteiger partial charge is 0.214 e. The van der Waals surface area contributed by atoms with Crippen LogP contribution in [0.25, 0.3) is 0 Å². The van der Waals surface area contributed by atoms with Gasteiger partial charge in [0.1, 0.15) is 0 Å². The molecule has 2 N–H and O–H groups in total. The van der Waals surface area contributed by atoms with Gasteiger partial charge in [0, 0.05) is 29.4 Å². The molecular formula is C14H22N2O2S2. The predicted molar refractivity (Wildman–Crippen MR) is 85.3 cm³/mol. The molecule has 1 atom stereocenters. The highest BCUT2D eigenvalue weighted by atomic mass is 32.2. The summed E-state index contributed by atoms with van der Waals surface area (Å²) in [5.74, 6) is 1.29. The average molecular weight is 314 g/mol. The summed E-state index contributed by atoms with van der Waals surface area (Å²) >= 11 is 1.55. The SMILES string of the molecule is CC(C1CC1)N(C)S(=O)(=O)CCSc1ccc(N)cc1. The molecular weight excluding hydrogens is 292 g/mol. The molecule has 0 heterocycles. The summed E-state index contributed by atoms with van der Waals surface area (Å²) in [5, 5.41) is 0. The van der Waals surface area contributed by atoms with Crippen LogP contribution in [0.5, 0.6) is 0 Å². The number of nitrogens with two attached hydrogens (primary N) is 1. The maximum absolute atomic E-state index is 12.2. The summed E-state index contributed by atoms with van der Waals surface area (Å²) in [6, 6.07) is 7.63. The Labute approximate surface area is 125 Å². The van der Waals surface area contributed by atoms with Crippen molar-refractivity contribution in [3.63, 3.8) is 0 Å². The summed E-state index contributed by atoms with van der Waals surface area (Å²) < 4.78 is 26.0. The fourth-order valence-electron chi connectivity index (χ4n) is 2.10. The second-order valence-electron chi connectivity index (χ2n) is 5.33. The summed E-state index contributed by atoms with van der Waals surface area (Å²) in [7, 11) is -1.45. The molecule has 1 aliphatic rings. The van der Waals surface area contributed by atoms with Crippen LogP contribution in [-0.2, 0) is 10.0 Å². The highest BCUT2D eigenvalue weighted by molar-refractivity contribution is 8.00. The molecule has 1 saturated carbocycles. The van der Waals surface area contributed by atoms with Crippen LogP contribution >= 0.6 is 11.8 Å². The number of hydrogen-bond donors (Lipinski definition) is 1. The van der Waals surface area contributed by atoms with Crippen molar-refractivity contribution < 1.29 is 8.42 Å². The van der Waals surface area contributed by atoms with Gasteiger partial charge in [-0.2, -0.15) is 0 Å². The van der Waals surface area contributed by atoms with Gasteiger partial charge in [-0.05, 0) is 49.9 Å². The Morgan fingerprint density at radius 2 is 1.95 bits per heavy atom. The lowest BCUT2D eigenvalue weighted by molar-refractivity contribution is 0.357. The topological polar surface area (TPSA) is 63.4 Å². The first kappa shape index (κ1) is 15.7. The zero-order valence-electron chi connectivity index (χ0n) is 12.0. The highest BCUT2D eigenvalue weighted by Crippen LogP contribution is 2.35. The van der Waals surface area contributed by atoms with Crippen molar-refractivity contribution >= 4 is 27.5 Å². The molecule has 1 aromatic carbocycles. The van der Waals surface area contributed by atoms with Gasteiger partial charge in [0.25, 0.3) is 0 Å². The molecule has 20 heavy (non-hydrogen) atoms. The summed E-state index contributed by atoms with van der Waals surface area (Å²) in [4.78, 5) is 1.05. The molecule has 1 aromatic rings. The molecule has 1 unspecified atom stereocenters. The van der Waals surface area contributed by atoms with Crippen LogP contribution in [0.2, 0.25) is 0 Å². The molecule has 0 saturated heterocycles. The minimum Gasteiger partial charge on any atom is -0.399 e. The molecule has 112 valence electrons. The third kappa shape index (κ3) is 4.14. The van der Waals surface area contributed by atoms with Gasteiger partial charge in [-0.3, -0.25) is 0 Å². The van der Waals surface area contributed by atoms with Gasteiger partial charge in [-0.15, -0.1) is 11.8 Å². The monoisotopic (exact) mass is 314 g/mol. The molecule has 0 aliphatic heterocycles. The van der Waals surface area contributed by atoms with E-state index < -0.39 is 10.0 Å². The summed E-state index contributed by atoms with van der Waals surface area (Å²) in [6.07, 6.45) is 2.31. The number of rotatable bonds is 7. The Morgan fingerprint density at radius 3 is 2.50 bits per heavy atom. The zero-order valence-corrected chi connectivity index (χ0v) is 13.6. The Hall–Kier alpha value is -0.720. The largest absolute Gasteiger partial charge is 0.399 e. The van der Waals surface area contributed by atoms with Crippen LogP contribution in [0.1, 0.15) is 19.8 Å². The lowest BCUT2D eigenvalue weighted by Crippen LogP contribution is -2.38. The van der Waals surface area contributed by atoms with E-state index in [9.17, 15) is 8.42 Å². The van der Waals surface area contributed by atoms with Gasteiger partial charge in [-0.1, -0.05) is 0 Å². The summed E-state index contributed by atoms with van der Waals surface area (Å²) in [5.41, 5.74) is 6.34. The Morgan fingerprint density at radius 1 is 1.35 bits per heavy atom. The normalized spacial score (nSPS) is 17.4. The van der Waals surface area contributed by atoms with Gasteiger partial charge >= 0.3 is 0 Å². The Balaban J connectivity index is 1.84. The zero-order chi connectivity index (χ0) is 14.8. The molecule has 0 bridgehead atoms. The standard InChI is InChI=1S/C14H22N2O2S2/c1-11(12-3-4-12)16(2)20(17,18)10-9-19-14-7-5-13(15)6-8-14/h5-8,11-12H,3-4,9-10,15H2,1-2H3. The van der Waals surface area contributed by atoms with Crippen LogP contribution in [0.3, 0.4) is 0 Å². The molecule has 0 amide bonds. The molecule has 0 aromatic heterocycles. The average Bonchev–Trinajstić information content (AvgIpc) is 3.23. The number of nitrogen functional groups attached to an aromatic ring is 1. The first-order valence-electron chi connectivity index (χ1n) is 6.84. The van der Waals surface area contributed by atoms with Crippen molar-refractivity contribution in [2.75, 3.05) is 24.3 Å². The van der Waals surface area contributed by atoms with Gasteiger partial charge in [-0.25, -0.2) is 12.7 Å². The quantitative estimate of drug-likeness (QED) is 0.620. The highest BCUT2D eigenvalue weighted by Gasteiger charge is 2.34. The molecule has 0 radical (unpaired) electrons. The van der Waals surface area contributed by atoms with Crippen molar-refractivity contribution in [3.8, 4) is 0 Å². The van der Waals surface area contributed by atoms with Gasteiger partial charge < -0.3 is 5.73 Å². The maximum Gasteiger partial charge on any atom is 0.214 e.